The minimum Gasteiger partial charge on any atom is -0.494 e. The van der Waals surface area contributed by atoms with Crippen LogP contribution in [-0.4, -0.2) is 31.9 Å². The first-order chi connectivity index (χ1) is 13.1. The molecule has 0 saturated heterocycles. The quantitative estimate of drug-likeness (QED) is 0.209. The number of esters is 2. The molecule has 0 aliphatic rings. The number of hydrogen-bond donors (Lipinski definition) is 0. The van der Waals surface area contributed by atoms with Crippen LogP contribution in [0.2, 0.25) is 0 Å². The van der Waals surface area contributed by atoms with Gasteiger partial charge in [0.1, 0.15) is 11.5 Å². The maximum Gasteiger partial charge on any atom is 0.351 e. The summed E-state index contributed by atoms with van der Waals surface area (Å²) in [6, 6.07) is 13.2. The molecule has 0 amide bonds. The van der Waals surface area contributed by atoms with Crippen molar-refractivity contribution in [2.75, 3.05) is 13.2 Å². The summed E-state index contributed by atoms with van der Waals surface area (Å²) in [4.78, 5) is 23.0. The molecule has 0 aromatic heterocycles. The zero-order chi connectivity index (χ0) is 19.5. The van der Waals surface area contributed by atoms with Gasteiger partial charge in [-0.2, -0.15) is 0 Å². The van der Waals surface area contributed by atoms with Crippen LogP contribution in [0.25, 0.3) is 0 Å². The van der Waals surface area contributed by atoms with E-state index in [4.69, 9.17) is 18.6 Å². The lowest BCUT2D eigenvalue weighted by Gasteiger charge is -2.07. The highest BCUT2D eigenvalue weighted by molar-refractivity contribution is 5.91. The second-order valence-electron chi connectivity index (χ2n) is 5.46. The largest absolute Gasteiger partial charge is 0.494 e. The zero-order valence-corrected chi connectivity index (χ0v) is 14.9. The molecule has 0 N–H and O–H groups in total. The van der Waals surface area contributed by atoms with Crippen molar-refractivity contribution in [1.82, 2.24) is 0 Å². The van der Waals surface area contributed by atoms with Crippen LogP contribution in [0.15, 0.2) is 61.2 Å². The Balaban J connectivity index is 1.75. The molecule has 6 heteroatoms. The van der Waals surface area contributed by atoms with Gasteiger partial charge in [-0.1, -0.05) is 6.58 Å². The van der Waals surface area contributed by atoms with Gasteiger partial charge >= 0.3 is 17.7 Å². The Kier molecular flexibility index (Phi) is 7.78. The average molecular weight is 369 g/mol. The number of benzene rings is 2. The van der Waals surface area contributed by atoms with Crippen LogP contribution in [0, 0.1) is 0 Å². The summed E-state index contributed by atoms with van der Waals surface area (Å²) in [5, 5.41) is 0. The Morgan fingerprint density at radius 2 is 1.56 bits per heavy atom. The first-order valence-electron chi connectivity index (χ1n) is 8.38. The highest BCUT2D eigenvalue weighted by Crippen LogP contribution is 2.19. The minimum absolute atomic E-state index is 0.334. The normalized spacial score (nSPS) is 9.93. The number of rotatable bonds is 10. The zero-order valence-electron chi connectivity index (χ0n) is 14.9. The molecule has 0 spiro atoms. The van der Waals surface area contributed by atoms with Crippen LogP contribution in [0.4, 0.5) is 0 Å². The summed E-state index contributed by atoms with van der Waals surface area (Å²) in [7, 11) is 0. The van der Waals surface area contributed by atoms with Crippen molar-refractivity contribution in [3.8, 4) is 17.2 Å². The standard InChI is InChI=1S/C21H21O6/c1-3-20(22)26-15-5-4-14-25-18-8-6-16(7-9-18)21(23)27-19-12-10-17(24-2)11-13-19/h3,6-13H,1-2,4-5,14-15H2/q+1. The van der Waals surface area contributed by atoms with Crippen molar-refractivity contribution in [2.24, 2.45) is 0 Å². The van der Waals surface area contributed by atoms with E-state index in [1.54, 1.807) is 48.5 Å². The Hall–Kier alpha value is -3.41. The van der Waals surface area contributed by atoms with Gasteiger partial charge in [-0.05, 0) is 49.2 Å². The van der Waals surface area contributed by atoms with Crippen molar-refractivity contribution < 1.29 is 28.2 Å². The lowest BCUT2D eigenvalue weighted by Crippen LogP contribution is -2.08. The molecular weight excluding hydrogens is 348 g/mol. The smallest absolute Gasteiger partial charge is 0.351 e. The molecule has 0 fully saturated rings. The Morgan fingerprint density at radius 3 is 2.19 bits per heavy atom. The predicted octanol–water partition coefficient (Wildman–Crippen LogP) is 3.87. The average Bonchev–Trinajstić information content (AvgIpc) is 2.71. The van der Waals surface area contributed by atoms with Crippen molar-refractivity contribution in [2.45, 2.75) is 12.8 Å². The van der Waals surface area contributed by atoms with Gasteiger partial charge in [0.15, 0.2) is 0 Å². The van der Waals surface area contributed by atoms with Gasteiger partial charge in [0.25, 0.3) is 6.79 Å². The van der Waals surface area contributed by atoms with E-state index in [0.29, 0.717) is 42.4 Å². The summed E-state index contributed by atoms with van der Waals surface area (Å²) < 4.78 is 20.6. The van der Waals surface area contributed by atoms with E-state index in [2.05, 4.69) is 13.4 Å². The molecular formula is C21H21O6+. The first kappa shape index (κ1) is 19.9. The van der Waals surface area contributed by atoms with E-state index < -0.39 is 11.9 Å². The van der Waals surface area contributed by atoms with Crippen LogP contribution in [-0.2, 0) is 14.0 Å². The summed E-state index contributed by atoms with van der Waals surface area (Å²) in [5.41, 5.74) is 0.413. The number of hydrogen-bond acceptors (Lipinski definition) is 5. The molecule has 0 bridgehead atoms. The lowest BCUT2D eigenvalue weighted by molar-refractivity contribution is -0.354. The number of carbonyl (C=O) groups excluding carboxylic acids is 3. The van der Waals surface area contributed by atoms with E-state index in [9.17, 15) is 9.59 Å². The molecule has 27 heavy (non-hydrogen) atoms. The van der Waals surface area contributed by atoms with E-state index in [1.165, 1.54) is 0 Å². The molecule has 0 saturated carbocycles. The summed E-state index contributed by atoms with van der Waals surface area (Å²) >= 11 is 0. The van der Waals surface area contributed by atoms with E-state index in [0.717, 1.165) is 12.5 Å². The summed E-state index contributed by atoms with van der Waals surface area (Å²) in [6.45, 7) is 7.45. The Morgan fingerprint density at radius 1 is 0.926 bits per heavy atom. The van der Waals surface area contributed by atoms with Gasteiger partial charge in [-0.25, -0.2) is 14.0 Å². The third-order valence-electron chi connectivity index (χ3n) is 3.51. The molecule has 6 nitrogen and oxygen atoms in total. The van der Waals surface area contributed by atoms with Gasteiger partial charge in [-0.15, -0.1) is 0 Å². The fourth-order valence-electron chi connectivity index (χ4n) is 2.08. The van der Waals surface area contributed by atoms with Crippen molar-refractivity contribution in [3.63, 3.8) is 0 Å². The topological polar surface area (TPSA) is 73.1 Å². The van der Waals surface area contributed by atoms with Gasteiger partial charge in [0, 0.05) is 18.2 Å². The van der Waals surface area contributed by atoms with Crippen molar-refractivity contribution >= 4 is 18.7 Å². The maximum absolute atomic E-state index is 12.1. The number of carbonyl (C=O) groups is 2. The summed E-state index contributed by atoms with van der Waals surface area (Å²) in [5.74, 6) is 0.749. The van der Waals surface area contributed by atoms with Crippen LogP contribution in [0.1, 0.15) is 23.2 Å². The predicted molar refractivity (Wildman–Crippen MR) is 100 cm³/mol. The highest BCUT2D eigenvalue weighted by Gasteiger charge is 2.10. The van der Waals surface area contributed by atoms with Gasteiger partial charge in [-0.3, -0.25) is 0 Å². The van der Waals surface area contributed by atoms with Crippen LogP contribution < -0.4 is 9.47 Å². The molecule has 2 aromatic rings. The summed E-state index contributed by atoms with van der Waals surface area (Å²) in [6.07, 6.45) is 2.57. The van der Waals surface area contributed by atoms with Crippen LogP contribution >= 0.6 is 0 Å². The van der Waals surface area contributed by atoms with Crippen molar-refractivity contribution in [3.05, 3.63) is 66.7 Å². The van der Waals surface area contributed by atoms with Gasteiger partial charge in [0.2, 0.25) is 0 Å². The molecule has 0 heterocycles. The molecule has 0 radical (unpaired) electrons. The van der Waals surface area contributed by atoms with Crippen LogP contribution in [0.5, 0.6) is 17.2 Å². The lowest BCUT2D eigenvalue weighted by atomic mass is 10.2. The Labute approximate surface area is 157 Å². The maximum atomic E-state index is 12.1. The fourth-order valence-corrected chi connectivity index (χ4v) is 2.08. The van der Waals surface area contributed by atoms with Crippen LogP contribution in [0.3, 0.4) is 0 Å². The number of ether oxygens (including phenoxy) is 3. The molecule has 0 aliphatic carbocycles. The molecule has 2 aromatic carbocycles. The molecule has 0 unspecified atom stereocenters. The van der Waals surface area contributed by atoms with E-state index >= 15 is 0 Å². The molecule has 0 atom stereocenters. The second-order valence-corrected chi connectivity index (χ2v) is 5.46. The highest BCUT2D eigenvalue weighted by atomic mass is 16.5. The molecule has 2 rings (SSSR count). The third kappa shape index (κ3) is 6.78. The SMILES string of the molecule is C=CC(=O)OCCCCOc1ccc(C(=O)Oc2ccc([O+]=C)cc2)cc1. The van der Waals surface area contributed by atoms with E-state index in [-0.39, 0.29) is 0 Å². The molecule has 0 aliphatic heterocycles. The molecule has 140 valence electrons. The fraction of sp³-hybridized carbons (Fsp3) is 0.190. The Bertz CT molecular complexity index is 777. The van der Waals surface area contributed by atoms with E-state index in [1.807, 2.05) is 0 Å². The third-order valence-corrected chi connectivity index (χ3v) is 3.51. The first-order valence-corrected chi connectivity index (χ1v) is 8.38. The monoisotopic (exact) mass is 369 g/mol. The van der Waals surface area contributed by atoms with Gasteiger partial charge < -0.3 is 14.2 Å². The van der Waals surface area contributed by atoms with Gasteiger partial charge in [0.05, 0.1) is 18.8 Å². The second kappa shape index (κ2) is 10.6. The minimum atomic E-state index is -0.464. The van der Waals surface area contributed by atoms with Crippen molar-refractivity contribution in [1.29, 1.82) is 0 Å². The number of unbranched alkanes of at least 4 members (excludes halogenated alkanes) is 1.